The number of nitrogens with zero attached hydrogens (tertiary/aromatic N) is 1. The summed E-state index contributed by atoms with van der Waals surface area (Å²) in [5.41, 5.74) is 1.00. The van der Waals surface area contributed by atoms with Crippen molar-refractivity contribution in [3.63, 3.8) is 0 Å². The zero-order valence-corrected chi connectivity index (χ0v) is 8.74. The van der Waals surface area contributed by atoms with Crippen molar-refractivity contribution in [3.05, 3.63) is 23.5 Å². The van der Waals surface area contributed by atoms with Gasteiger partial charge in [-0.1, -0.05) is 11.6 Å². The summed E-state index contributed by atoms with van der Waals surface area (Å²) in [6, 6.07) is 2.50. The molecule has 4 heteroatoms. The first-order valence-corrected chi connectivity index (χ1v) is 5.83. The van der Waals surface area contributed by atoms with Crippen molar-refractivity contribution < 1.29 is 0 Å². The molecule has 70 valence electrons. The molecule has 2 nitrogen and oxygen atoms in total. The Morgan fingerprint density at radius 2 is 2.54 bits per heavy atom. The van der Waals surface area contributed by atoms with E-state index in [0.29, 0.717) is 11.1 Å². The predicted molar refractivity (Wildman–Crippen MR) is 58.6 cm³/mol. The topological polar surface area (TPSA) is 24.9 Å². The van der Waals surface area contributed by atoms with Crippen LogP contribution in [-0.4, -0.2) is 22.5 Å². The molecule has 0 radical (unpaired) electrons. The van der Waals surface area contributed by atoms with E-state index in [-0.39, 0.29) is 0 Å². The molecule has 0 aliphatic carbocycles. The third-order valence-electron chi connectivity index (χ3n) is 2.06. The molecular formula is C9H11ClN2S. The molecule has 0 saturated carbocycles. The molecule has 2 rings (SSSR count). The second-order valence-corrected chi connectivity index (χ2v) is 4.62. The van der Waals surface area contributed by atoms with Crippen LogP contribution in [0.5, 0.6) is 0 Å². The Bertz CT molecular complexity index is 287. The van der Waals surface area contributed by atoms with E-state index in [1.165, 1.54) is 17.9 Å². The maximum absolute atomic E-state index is 5.97. The van der Waals surface area contributed by atoms with Gasteiger partial charge in [0.2, 0.25) is 0 Å². The molecule has 0 amide bonds. The molecule has 0 spiro atoms. The van der Waals surface area contributed by atoms with Gasteiger partial charge in [-0.15, -0.1) is 0 Å². The van der Waals surface area contributed by atoms with Gasteiger partial charge in [0.1, 0.15) is 0 Å². The Morgan fingerprint density at radius 1 is 1.62 bits per heavy atom. The summed E-state index contributed by atoms with van der Waals surface area (Å²) in [5, 5.41) is 4.12. The molecular weight excluding hydrogens is 204 g/mol. The number of aromatic nitrogens is 1. The highest BCUT2D eigenvalue weighted by atomic mass is 35.5. The van der Waals surface area contributed by atoms with E-state index in [9.17, 15) is 0 Å². The molecule has 1 atom stereocenters. The fourth-order valence-electron chi connectivity index (χ4n) is 1.36. The van der Waals surface area contributed by atoms with Gasteiger partial charge in [-0.2, -0.15) is 11.8 Å². The molecule has 1 aliphatic heterocycles. The van der Waals surface area contributed by atoms with Gasteiger partial charge in [-0.25, -0.2) is 0 Å². The molecule has 1 fully saturated rings. The molecule has 1 aromatic rings. The minimum absolute atomic E-state index is 0.574. The van der Waals surface area contributed by atoms with Crippen LogP contribution in [0.1, 0.15) is 6.42 Å². The Morgan fingerprint density at radius 3 is 3.23 bits per heavy atom. The highest BCUT2D eigenvalue weighted by molar-refractivity contribution is 7.99. The lowest BCUT2D eigenvalue weighted by Gasteiger charge is -2.13. The first-order chi connectivity index (χ1) is 6.36. The van der Waals surface area contributed by atoms with E-state index < -0.39 is 0 Å². The van der Waals surface area contributed by atoms with Gasteiger partial charge in [0, 0.05) is 24.2 Å². The molecule has 0 aromatic carbocycles. The number of hydrogen-bond donors (Lipinski definition) is 1. The molecule has 1 N–H and O–H groups in total. The van der Waals surface area contributed by atoms with Crippen LogP contribution in [0.15, 0.2) is 18.5 Å². The van der Waals surface area contributed by atoms with Gasteiger partial charge >= 0.3 is 0 Å². The van der Waals surface area contributed by atoms with Gasteiger partial charge in [0.15, 0.2) is 0 Å². The minimum atomic E-state index is 0.574. The molecule has 13 heavy (non-hydrogen) atoms. The number of nitrogens with one attached hydrogen (secondary N) is 1. The monoisotopic (exact) mass is 214 g/mol. The maximum Gasteiger partial charge on any atom is 0.0820 e. The van der Waals surface area contributed by atoms with Crippen molar-refractivity contribution in [2.24, 2.45) is 0 Å². The van der Waals surface area contributed by atoms with E-state index >= 15 is 0 Å². The average Bonchev–Trinajstić information content (AvgIpc) is 2.61. The third-order valence-corrected chi connectivity index (χ3v) is 3.53. The van der Waals surface area contributed by atoms with Crippen LogP contribution in [0.2, 0.25) is 5.02 Å². The largest absolute Gasteiger partial charge is 0.380 e. The fourth-order valence-corrected chi connectivity index (χ4v) is 2.69. The zero-order chi connectivity index (χ0) is 9.10. The molecule has 2 heterocycles. The summed E-state index contributed by atoms with van der Waals surface area (Å²) in [4.78, 5) is 3.94. The molecule has 1 aliphatic rings. The van der Waals surface area contributed by atoms with Crippen molar-refractivity contribution in [1.29, 1.82) is 0 Å². The Kier molecular flexibility index (Phi) is 2.96. The second kappa shape index (κ2) is 4.20. The number of hydrogen-bond acceptors (Lipinski definition) is 3. The number of thioether (sulfide) groups is 1. The van der Waals surface area contributed by atoms with Crippen LogP contribution in [0.3, 0.4) is 0 Å². The van der Waals surface area contributed by atoms with Crippen LogP contribution < -0.4 is 5.32 Å². The summed E-state index contributed by atoms with van der Waals surface area (Å²) >= 11 is 7.96. The summed E-state index contributed by atoms with van der Waals surface area (Å²) < 4.78 is 0. The minimum Gasteiger partial charge on any atom is -0.380 e. The van der Waals surface area contributed by atoms with Crippen LogP contribution in [0, 0.1) is 0 Å². The first kappa shape index (κ1) is 9.16. The standard InChI is InChI=1S/C9H11ClN2S/c10-8-5-11-3-1-9(8)12-7-2-4-13-6-7/h1,3,5,7H,2,4,6H2,(H,11,12). The lowest BCUT2D eigenvalue weighted by atomic mass is 10.2. The maximum atomic E-state index is 5.97. The van der Waals surface area contributed by atoms with Gasteiger partial charge < -0.3 is 5.32 Å². The second-order valence-electron chi connectivity index (χ2n) is 3.06. The van der Waals surface area contributed by atoms with E-state index in [4.69, 9.17) is 11.6 Å². The van der Waals surface area contributed by atoms with E-state index in [1.54, 1.807) is 12.4 Å². The SMILES string of the molecule is Clc1cnccc1NC1CCSC1. The molecule has 1 unspecified atom stereocenters. The third kappa shape index (κ3) is 2.29. The van der Waals surface area contributed by atoms with E-state index in [2.05, 4.69) is 10.3 Å². The van der Waals surface area contributed by atoms with Gasteiger partial charge in [0.25, 0.3) is 0 Å². The van der Waals surface area contributed by atoms with Gasteiger partial charge in [0.05, 0.1) is 10.7 Å². The summed E-state index contributed by atoms with van der Waals surface area (Å²) in [7, 11) is 0. The smallest absolute Gasteiger partial charge is 0.0820 e. The van der Waals surface area contributed by atoms with Crippen molar-refractivity contribution in [2.45, 2.75) is 12.5 Å². The lowest BCUT2D eigenvalue weighted by molar-refractivity contribution is 0.813. The van der Waals surface area contributed by atoms with Crippen molar-refractivity contribution in [2.75, 3.05) is 16.8 Å². The number of pyridine rings is 1. The lowest BCUT2D eigenvalue weighted by Crippen LogP contribution is -2.18. The normalized spacial score (nSPS) is 21.8. The fraction of sp³-hybridized carbons (Fsp3) is 0.444. The number of anilines is 1. The van der Waals surface area contributed by atoms with E-state index in [0.717, 1.165) is 5.69 Å². The van der Waals surface area contributed by atoms with Gasteiger partial charge in [-0.05, 0) is 18.2 Å². The molecule has 1 aromatic heterocycles. The number of halogens is 1. The molecule has 0 bridgehead atoms. The highest BCUT2D eigenvalue weighted by Crippen LogP contribution is 2.25. The molecule has 1 saturated heterocycles. The highest BCUT2D eigenvalue weighted by Gasteiger charge is 2.15. The van der Waals surface area contributed by atoms with E-state index in [1.807, 2.05) is 17.8 Å². The summed E-state index contributed by atoms with van der Waals surface area (Å²) in [6.07, 6.45) is 4.66. The van der Waals surface area contributed by atoms with Crippen molar-refractivity contribution in [1.82, 2.24) is 4.98 Å². The van der Waals surface area contributed by atoms with Crippen LogP contribution in [0.4, 0.5) is 5.69 Å². The van der Waals surface area contributed by atoms with Crippen LogP contribution in [-0.2, 0) is 0 Å². The van der Waals surface area contributed by atoms with Crippen molar-refractivity contribution in [3.8, 4) is 0 Å². The average molecular weight is 215 g/mol. The Labute approximate surface area is 87.1 Å². The Balaban J connectivity index is 2.04. The van der Waals surface area contributed by atoms with Crippen LogP contribution >= 0.6 is 23.4 Å². The van der Waals surface area contributed by atoms with Gasteiger partial charge in [-0.3, -0.25) is 4.98 Å². The summed E-state index contributed by atoms with van der Waals surface area (Å²) in [5.74, 6) is 2.43. The van der Waals surface area contributed by atoms with Crippen LogP contribution in [0.25, 0.3) is 0 Å². The zero-order valence-electron chi connectivity index (χ0n) is 7.16. The summed E-state index contributed by atoms with van der Waals surface area (Å²) in [6.45, 7) is 0. The first-order valence-electron chi connectivity index (χ1n) is 4.30. The quantitative estimate of drug-likeness (QED) is 0.820. The Hall–Kier alpha value is -0.410. The van der Waals surface area contributed by atoms with Crippen molar-refractivity contribution >= 4 is 29.1 Å². The number of rotatable bonds is 2. The predicted octanol–water partition coefficient (Wildman–Crippen LogP) is 2.65.